The molecule has 2 nitrogen and oxygen atoms in total. The Hall–Kier alpha value is -0.930. The average Bonchev–Trinajstić information content (AvgIpc) is 2.27. The van der Waals surface area contributed by atoms with Crippen molar-refractivity contribution in [3.63, 3.8) is 0 Å². The van der Waals surface area contributed by atoms with Crippen molar-refractivity contribution in [3.05, 3.63) is 35.6 Å². The lowest BCUT2D eigenvalue weighted by Gasteiger charge is -2.17. The number of rotatable bonds is 6. The Morgan fingerprint density at radius 2 is 1.88 bits per heavy atom. The van der Waals surface area contributed by atoms with Gasteiger partial charge in [-0.05, 0) is 37.0 Å². The van der Waals surface area contributed by atoms with E-state index in [0.717, 1.165) is 18.5 Å². The Morgan fingerprint density at radius 1 is 1.25 bits per heavy atom. The van der Waals surface area contributed by atoms with E-state index in [1.54, 1.807) is 0 Å². The highest BCUT2D eigenvalue weighted by molar-refractivity contribution is 5.20. The van der Waals surface area contributed by atoms with E-state index in [1.165, 1.54) is 12.1 Å². The fraction of sp³-hybridized carbons (Fsp3) is 0.538. The molecule has 0 bridgehead atoms. The van der Waals surface area contributed by atoms with Gasteiger partial charge in [-0.25, -0.2) is 4.39 Å². The molecule has 90 valence electrons. The number of hydrogen-bond donors (Lipinski definition) is 2. The van der Waals surface area contributed by atoms with Gasteiger partial charge in [0.2, 0.25) is 0 Å². The maximum absolute atomic E-state index is 12.7. The monoisotopic (exact) mass is 225 g/mol. The first-order valence-electron chi connectivity index (χ1n) is 5.73. The summed E-state index contributed by atoms with van der Waals surface area (Å²) in [7, 11) is 0. The molecule has 3 heteroatoms. The highest BCUT2D eigenvalue weighted by Crippen LogP contribution is 2.14. The Balaban J connectivity index is 2.40. The van der Waals surface area contributed by atoms with Crippen LogP contribution in [0.5, 0.6) is 0 Å². The van der Waals surface area contributed by atoms with E-state index in [4.69, 9.17) is 5.11 Å². The Morgan fingerprint density at radius 3 is 2.44 bits per heavy atom. The lowest BCUT2D eigenvalue weighted by molar-refractivity contribution is 0.268. The number of halogens is 1. The highest BCUT2D eigenvalue weighted by atomic mass is 19.1. The maximum Gasteiger partial charge on any atom is 0.123 e. The molecule has 0 spiro atoms. The van der Waals surface area contributed by atoms with Gasteiger partial charge in [-0.15, -0.1) is 0 Å². The predicted molar refractivity (Wildman–Crippen MR) is 64.0 cm³/mol. The van der Waals surface area contributed by atoms with Crippen LogP contribution < -0.4 is 5.32 Å². The van der Waals surface area contributed by atoms with E-state index in [1.807, 2.05) is 19.1 Å². The summed E-state index contributed by atoms with van der Waals surface area (Å²) in [6, 6.07) is 6.93. The van der Waals surface area contributed by atoms with Crippen molar-refractivity contribution >= 4 is 0 Å². The summed E-state index contributed by atoms with van der Waals surface area (Å²) in [6.07, 6.45) is 0.760. The van der Waals surface area contributed by atoms with Crippen molar-refractivity contribution < 1.29 is 9.50 Å². The van der Waals surface area contributed by atoms with Crippen LogP contribution in [0, 0.1) is 5.82 Å². The van der Waals surface area contributed by atoms with Crippen LogP contribution in [0.3, 0.4) is 0 Å². The lowest BCUT2D eigenvalue weighted by Crippen LogP contribution is -2.30. The zero-order valence-electron chi connectivity index (χ0n) is 9.91. The van der Waals surface area contributed by atoms with Crippen LogP contribution in [0.1, 0.15) is 31.7 Å². The lowest BCUT2D eigenvalue weighted by atomic mass is 10.0. The molecule has 0 radical (unpaired) electrons. The molecule has 0 aliphatic heterocycles. The van der Waals surface area contributed by atoms with Crippen LogP contribution in [-0.2, 0) is 0 Å². The third-order valence-electron chi connectivity index (χ3n) is 2.77. The zero-order valence-corrected chi connectivity index (χ0v) is 9.91. The van der Waals surface area contributed by atoms with Crippen LogP contribution in [0.15, 0.2) is 24.3 Å². The molecular weight excluding hydrogens is 205 g/mol. The minimum absolute atomic E-state index is 0.197. The summed E-state index contributed by atoms with van der Waals surface area (Å²) in [5.74, 6) is 0.152. The van der Waals surface area contributed by atoms with Crippen molar-refractivity contribution in [3.8, 4) is 0 Å². The van der Waals surface area contributed by atoms with Gasteiger partial charge in [-0.3, -0.25) is 0 Å². The first-order valence-corrected chi connectivity index (χ1v) is 5.73. The van der Waals surface area contributed by atoms with Crippen molar-refractivity contribution in [2.75, 3.05) is 13.2 Å². The quantitative estimate of drug-likeness (QED) is 0.778. The first-order chi connectivity index (χ1) is 7.63. The predicted octanol–water partition coefficient (Wildman–Crippen LogP) is 2.29. The summed E-state index contributed by atoms with van der Waals surface area (Å²) in [5.41, 5.74) is 1.13. The second-order valence-corrected chi connectivity index (χ2v) is 4.27. The van der Waals surface area contributed by atoms with Gasteiger partial charge in [-0.1, -0.05) is 19.1 Å². The summed E-state index contributed by atoms with van der Waals surface area (Å²) < 4.78 is 12.7. The second-order valence-electron chi connectivity index (χ2n) is 4.27. The molecule has 2 N–H and O–H groups in total. The number of nitrogens with one attached hydrogen (secondary N) is 1. The summed E-state index contributed by atoms with van der Waals surface area (Å²) >= 11 is 0. The van der Waals surface area contributed by atoms with E-state index < -0.39 is 0 Å². The van der Waals surface area contributed by atoms with Gasteiger partial charge < -0.3 is 10.4 Å². The molecule has 2 atom stereocenters. The van der Waals surface area contributed by atoms with Gasteiger partial charge >= 0.3 is 0 Å². The molecule has 2 unspecified atom stereocenters. The fourth-order valence-electron chi connectivity index (χ4n) is 1.58. The van der Waals surface area contributed by atoms with Crippen LogP contribution in [-0.4, -0.2) is 24.3 Å². The van der Waals surface area contributed by atoms with Crippen molar-refractivity contribution in [1.82, 2.24) is 5.32 Å². The Kier molecular flexibility index (Phi) is 5.43. The number of aliphatic hydroxyl groups is 1. The SMILES string of the molecule is CC(CCO)NCC(C)c1ccc(F)cc1. The van der Waals surface area contributed by atoms with E-state index >= 15 is 0 Å². The van der Waals surface area contributed by atoms with Crippen molar-refractivity contribution in [1.29, 1.82) is 0 Å². The topological polar surface area (TPSA) is 32.3 Å². The summed E-state index contributed by atoms with van der Waals surface area (Å²) in [4.78, 5) is 0. The number of benzene rings is 1. The van der Waals surface area contributed by atoms with E-state index in [2.05, 4.69) is 12.2 Å². The molecule has 0 aromatic heterocycles. The average molecular weight is 225 g/mol. The minimum Gasteiger partial charge on any atom is -0.396 e. The van der Waals surface area contributed by atoms with Gasteiger partial charge in [0.15, 0.2) is 0 Å². The van der Waals surface area contributed by atoms with E-state index in [-0.39, 0.29) is 12.4 Å². The van der Waals surface area contributed by atoms with Crippen molar-refractivity contribution in [2.45, 2.75) is 32.2 Å². The number of aliphatic hydroxyl groups excluding tert-OH is 1. The van der Waals surface area contributed by atoms with E-state index in [0.29, 0.717) is 12.0 Å². The third-order valence-corrected chi connectivity index (χ3v) is 2.77. The zero-order chi connectivity index (χ0) is 12.0. The van der Waals surface area contributed by atoms with Crippen LogP contribution in [0.25, 0.3) is 0 Å². The van der Waals surface area contributed by atoms with Crippen LogP contribution in [0.4, 0.5) is 4.39 Å². The first kappa shape index (κ1) is 13.1. The van der Waals surface area contributed by atoms with Crippen molar-refractivity contribution in [2.24, 2.45) is 0 Å². The van der Waals surface area contributed by atoms with E-state index in [9.17, 15) is 4.39 Å². The molecule has 16 heavy (non-hydrogen) atoms. The molecular formula is C13H20FNO. The molecule has 0 aliphatic rings. The van der Waals surface area contributed by atoms with Gasteiger partial charge in [0.05, 0.1) is 0 Å². The van der Waals surface area contributed by atoms with Gasteiger partial charge in [-0.2, -0.15) is 0 Å². The Bertz CT molecular complexity index is 299. The smallest absolute Gasteiger partial charge is 0.123 e. The van der Waals surface area contributed by atoms with Gasteiger partial charge in [0.1, 0.15) is 5.82 Å². The standard InChI is InChI=1S/C13H20FNO/c1-10(9-15-11(2)7-8-16)12-3-5-13(14)6-4-12/h3-6,10-11,15-16H,7-9H2,1-2H3. The Labute approximate surface area is 96.5 Å². The minimum atomic E-state index is -0.197. The molecule has 0 aliphatic carbocycles. The molecule has 1 rings (SSSR count). The normalized spacial score (nSPS) is 14.8. The van der Waals surface area contributed by atoms with Crippen LogP contribution >= 0.6 is 0 Å². The molecule has 1 aromatic rings. The molecule has 0 saturated heterocycles. The number of hydrogen-bond acceptors (Lipinski definition) is 2. The summed E-state index contributed by atoms with van der Waals surface area (Å²) in [5, 5.41) is 12.1. The molecule has 0 fully saturated rings. The molecule has 1 aromatic carbocycles. The maximum atomic E-state index is 12.7. The molecule has 0 amide bonds. The summed E-state index contributed by atoms with van der Waals surface area (Å²) in [6.45, 7) is 5.20. The third kappa shape index (κ3) is 4.29. The molecule has 0 heterocycles. The second kappa shape index (κ2) is 6.61. The largest absolute Gasteiger partial charge is 0.396 e. The highest BCUT2D eigenvalue weighted by Gasteiger charge is 2.07. The van der Waals surface area contributed by atoms with Crippen LogP contribution in [0.2, 0.25) is 0 Å². The molecule has 0 saturated carbocycles. The van der Waals surface area contributed by atoms with Gasteiger partial charge in [0.25, 0.3) is 0 Å². The fourth-order valence-corrected chi connectivity index (χ4v) is 1.58. The van der Waals surface area contributed by atoms with Gasteiger partial charge in [0, 0.05) is 19.2 Å².